The molecule has 31 heteroatoms. The van der Waals surface area contributed by atoms with E-state index in [1.165, 1.54) is 81.7 Å². The number of hydrogen-bond donors (Lipinski definition) is 9. The van der Waals surface area contributed by atoms with Gasteiger partial charge in [-0.3, -0.25) is 67.1 Å². The number of anilines is 11. The predicted octanol–water partition coefficient (Wildman–Crippen LogP) is 13.0. The number of nitrogens with two attached hydrogens (primary N) is 7. The molecule has 4 aliphatic rings. The van der Waals surface area contributed by atoms with Gasteiger partial charge in [-0.05, 0) is 239 Å². The third-order valence-corrected chi connectivity index (χ3v) is 27.3. The number of benzene rings is 7. The standard InChI is InChI=1S/2C18H22N2O2.C17H20N2O3.C17H20N2O2.C16H16N2O2.2C15H15N3O2/c1-11(2)8-12-5-6-13-4-3-7-20(10-14(13)9-12)16-15(19)17(21)18(16)22;1-10(2)8-11-6-7-12-4-3-5-14(13(12)9-11)20-16-15(19)17(21)18(16)22;1-10(2)7-11-3-4-13-12(8-11)9-19(5-6-22-13)15-14(18)16(20)17(15)21;1-9(2)7-10-3-4-11-5-6-13(12(11)8-10)19-15-14(18)16(20)17(15)21;1-9(2)7-10-3-4-11-5-6-18(12(11)8-10)14-13(17)15(19)16(14)20;1-8(2)5-9-3-4-10-7-18(17-11(10)6-9)13-12(16)14(19)15(13)20;1-8(2)5-9-3-4-10-7-17-18(11(10)6-9)13-12(16)14(19)15(13)20/h5-6,9,11H,3-4,7-8,10,19H2,1-2H3;6-7,9-10,14,20H,3-5,8,19H2,1-2H3;3-4,8,10H,5-7,9,18H2,1-2H3;3-4,8-9,13,19H,5-7,18H2,1-2H3;3-6,8-9H,7,17H2,1-2H3;2*3-4,6-8H,5,16H2,1-2H3. The van der Waals surface area contributed by atoms with Crippen LogP contribution in [0.4, 0.5) is 62.6 Å². The van der Waals surface area contributed by atoms with E-state index in [0.717, 1.165) is 140 Å². The second-order valence-electron chi connectivity index (χ2n) is 42.4. The van der Waals surface area contributed by atoms with Crippen LogP contribution in [-0.2, 0) is 77.3 Å². The minimum absolute atomic E-state index is 0.00531. The zero-order valence-electron chi connectivity index (χ0n) is 85.9. The summed E-state index contributed by atoms with van der Waals surface area (Å²) in [6, 6.07) is 46.4. The molecular weight excluding hydrogens is 1860 g/mol. The minimum Gasteiger partial charge on any atom is -0.491 e. The summed E-state index contributed by atoms with van der Waals surface area (Å²) in [7, 11) is 0. The van der Waals surface area contributed by atoms with E-state index in [-0.39, 0.29) is 63.3 Å². The number of nitrogens with one attached hydrogen (secondary N) is 2. The molecule has 0 amide bonds. The Kier molecular flexibility index (Phi) is 31.6. The molecule has 0 bridgehead atoms. The summed E-state index contributed by atoms with van der Waals surface area (Å²) >= 11 is 0. The summed E-state index contributed by atoms with van der Waals surface area (Å²) in [6.07, 6.45) is 19.2. The SMILES string of the molecule is CC(C)Cc1ccc2c(c1)C(Nc1c(N)c(=O)c1=O)CC2.CC(C)Cc1ccc2c(c1)C(Nc1c(N)c(=O)c1=O)CCC2.CC(C)Cc1ccc2c(c1)CN(c1c(N)c(=O)c1=O)CCC2.CC(C)Cc1ccc2c(c1)CN(c1c(N)c(=O)c1=O)CCO2.CC(C)Cc1ccc2ccn(-c3c(N)c(=O)c3=O)c2c1.CC(C)Cc1ccc2cn(-c3c(N)c(=O)c3=O)nc2c1.CC(C)Cc1ccc2cnn(-c3c(N)c(=O)c3=O)c2c1. The summed E-state index contributed by atoms with van der Waals surface area (Å²) < 4.78 is 10.4. The lowest BCUT2D eigenvalue weighted by atomic mass is 9.85. The van der Waals surface area contributed by atoms with E-state index in [4.69, 9.17) is 44.9 Å². The van der Waals surface area contributed by atoms with Crippen LogP contribution in [0.25, 0.3) is 49.8 Å². The summed E-state index contributed by atoms with van der Waals surface area (Å²) in [6.45, 7) is 33.5. The topological polar surface area (TPSA) is 501 Å². The van der Waals surface area contributed by atoms with E-state index in [1.54, 1.807) is 23.2 Å². The van der Waals surface area contributed by atoms with Gasteiger partial charge in [-0.1, -0.05) is 200 Å². The Morgan fingerprint density at radius 1 is 0.333 bits per heavy atom. The Morgan fingerprint density at radius 3 is 1.20 bits per heavy atom. The molecule has 14 aromatic carbocycles. The number of ether oxygens (including phenoxy) is 1. The second kappa shape index (κ2) is 44.0. The maximum absolute atomic E-state index is 11.8. The number of hydrogen-bond acceptors (Lipinski definition) is 28. The van der Waals surface area contributed by atoms with Crippen molar-refractivity contribution in [2.75, 3.05) is 80.3 Å². The number of rotatable bonds is 23. The van der Waals surface area contributed by atoms with Crippen molar-refractivity contribution in [2.24, 2.45) is 41.4 Å². The highest BCUT2D eigenvalue weighted by Gasteiger charge is 2.34. The van der Waals surface area contributed by atoms with Crippen LogP contribution in [0, 0.1) is 41.4 Å². The molecule has 0 fully saturated rings. The first-order chi connectivity index (χ1) is 69.8. The van der Waals surface area contributed by atoms with Gasteiger partial charge in [-0.2, -0.15) is 10.2 Å². The molecule has 0 radical (unpaired) electrons. The Bertz CT molecular complexity index is 8100. The third kappa shape index (κ3) is 22.5. The Morgan fingerprint density at radius 2 is 0.714 bits per heavy atom. The van der Waals surface area contributed by atoms with Crippen molar-refractivity contribution in [3.8, 4) is 22.8 Å². The van der Waals surface area contributed by atoms with Gasteiger partial charge < -0.3 is 69.9 Å². The molecule has 2 atom stereocenters. The maximum atomic E-state index is 11.8. The van der Waals surface area contributed by atoms with E-state index < -0.39 is 76.0 Å². The molecule has 31 nitrogen and oxygen atoms in total. The van der Waals surface area contributed by atoms with Crippen molar-refractivity contribution in [2.45, 2.75) is 212 Å². The summed E-state index contributed by atoms with van der Waals surface area (Å²) in [4.78, 5) is 164. The second-order valence-corrected chi connectivity index (χ2v) is 42.4. The fraction of sp³-hybridized carbons (Fsp3) is 0.362. The molecular formula is C116H130N16O15. The highest BCUT2D eigenvalue weighted by atomic mass is 16.5. The van der Waals surface area contributed by atoms with Crippen LogP contribution >= 0.6 is 0 Å². The van der Waals surface area contributed by atoms with Gasteiger partial charge in [0, 0.05) is 48.4 Å². The first-order valence-corrected chi connectivity index (χ1v) is 50.6. The maximum Gasteiger partial charge on any atom is 0.255 e. The van der Waals surface area contributed by atoms with Crippen LogP contribution in [0.15, 0.2) is 219 Å². The fourth-order valence-electron chi connectivity index (χ4n) is 20.2. The Labute approximate surface area is 848 Å². The summed E-state index contributed by atoms with van der Waals surface area (Å²) in [5.74, 6) is 4.92. The monoisotopic (exact) mass is 1990 g/mol. The summed E-state index contributed by atoms with van der Waals surface area (Å²) in [5.41, 5.74) is 54.4. The first-order valence-electron chi connectivity index (χ1n) is 50.6. The Balaban J connectivity index is 0.000000129. The Hall–Kier alpha value is -15.8. The van der Waals surface area contributed by atoms with Gasteiger partial charge in [0.2, 0.25) is 0 Å². The lowest BCUT2D eigenvalue weighted by Crippen LogP contribution is -2.43. The molecule has 2 aliphatic heterocycles. The number of nitrogen functional groups attached to an aromatic ring is 7. The molecule has 2 unspecified atom stereocenters. The van der Waals surface area contributed by atoms with Gasteiger partial charge in [0.1, 0.15) is 92.0 Å². The number of aryl methyl sites for hydroxylation is 3. The van der Waals surface area contributed by atoms with Crippen molar-refractivity contribution in [3.63, 3.8) is 0 Å². The normalized spacial score (nSPS) is 14.4. The molecule has 0 saturated heterocycles. The van der Waals surface area contributed by atoms with Crippen molar-refractivity contribution < 1.29 is 4.74 Å². The van der Waals surface area contributed by atoms with Crippen LogP contribution in [0.5, 0.6) is 5.75 Å². The van der Waals surface area contributed by atoms with E-state index in [0.29, 0.717) is 96.1 Å². The average molecular weight is 1990 g/mol. The first kappa shape index (κ1) is 105. The van der Waals surface area contributed by atoms with Gasteiger partial charge >= 0.3 is 0 Å². The van der Waals surface area contributed by atoms with Crippen molar-refractivity contribution in [1.82, 2.24) is 24.1 Å². The fourth-order valence-corrected chi connectivity index (χ4v) is 20.2. The van der Waals surface area contributed by atoms with E-state index in [9.17, 15) is 67.1 Å². The van der Waals surface area contributed by atoms with Gasteiger partial charge in [0.15, 0.2) is 0 Å². The lowest BCUT2D eigenvalue weighted by molar-refractivity contribution is 0.331. The van der Waals surface area contributed by atoms with Crippen LogP contribution in [0.2, 0.25) is 0 Å². The quantitative estimate of drug-likeness (QED) is 0.0269. The van der Waals surface area contributed by atoms with E-state index in [1.807, 2.05) is 52.3 Å². The van der Waals surface area contributed by atoms with Crippen LogP contribution in [0.3, 0.4) is 0 Å². The number of fused-ring (bicyclic) bond motifs is 7. The van der Waals surface area contributed by atoms with Crippen molar-refractivity contribution >= 4 is 95.3 Å². The molecule has 764 valence electrons. The van der Waals surface area contributed by atoms with Gasteiger partial charge in [-0.25, -0.2) is 9.36 Å². The molecule has 3 aromatic heterocycles. The molecule has 147 heavy (non-hydrogen) atoms. The smallest absolute Gasteiger partial charge is 0.255 e. The zero-order chi connectivity index (χ0) is 106. The van der Waals surface area contributed by atoms with Crippen LogP contribution in [0.1, 0.15) is 213 Å². The molecule has 2 aliphatic carbocycles. The molecule has 21 rings (SSSR count). The molecule has 16 N–H and O–H groups in total. The lowest BCUT2D eigenvalue weighted by Gasteiger charge is -2.28. The van der Waals surface area contributed by atoms with Gasteiger partial charge in [-0.15, -0.1) is 0 Å². The van der Waals surface area contributed by atoms with E-state index in [2.05, 4.69) is 209 Å². The number of aromatic nitrogens is 5. The molecule has 5 heterocycles. The van der Waals surface area contributed by atoms with Crippen LogP contribution < -0.4 is 141 Å². The van der Waals surface area contributed by atoms with Crippen molar-refractivity contribution in [1.29, 1.82) is 0 Å². The van der Waals surface area contributed by atoms with Crippen molar-refractivity contribution in [3.05, 3.63) is 373 Å². The largest absolute Gasteiger partial charge is 0.491 e. The molecule has 17 aromatic rings. The van der Waals surface area contributed by atoms with Gasteiger partial charge in [0.25, 0.3) is 76.0 Å². The number of nitrogens with zero attached hydrogens (tertiary/aromatic N) is 7. The zero-order valence-corrected chi connectivity index (χ0v) is 85.9. The average Bonchev–Trinajstić information content (AvgIpc) is 1.68. The summed E-state index contributed by atoms with van der Waals surface area (Å²) in [5, 5.41) is 17.8. The molecule has 0 saturated carbocycles. The molecule has 0 spiro atoms. The van der Waals surface area contributed by atoms with E-state index >= 15 is 0 Å². The third-order valence-electron chi connectivity index (χ3n) is 27.3. The highest BCUT2D eigenvalue weighted by molar-refractivity contribution is 5.86. The van der Waals surface area contributed by atoms with Crippen LogP contribution in [-0.4, -0.2) is 43.8 Å². The van der Waals surface area contributed by atoms with Gasteiger partial charge in [0.05, 0.1) is 41.4 Å². The minimum atomic E-state index is -0.625. The predicted molar refractivity (Wildman–Crippen MR) is 592 cm³/mol. The highest BCUT2D eigenvalue weighted by Crippen LogP contribution is 2.39.